The Morgan fingerprint density at radius 2 is 1.83 bits per heavy atom. The predicted octanol–water partition coefficient (Wildman–Crippen LogP) is 8.18. The molecule has 1 aliphatic rings. The highest BCUT2D eigenvalue weighted by molar-refractivity contribution is 14.1. The van der Waals surface area contributed by atoms with Gasteiger partial charge in [0.2, 0.25) is 0 Å². The van der Waals surface area contributed by atoms with E-state index in [1.54, 1.807) is 36.4 Å². The van der Waals surface area contributed by atoms with Crippen LogP contribution in [0.15, 0.2) is 64.0 Å². The van der Waals surface area contributed by atoms with Crippen LogP contribution in [0.3, 0.4) is 0 Å². The van der Waals surface area contributed by atoms with E-state index in [1.165, 1.54) is 12.0 Å². The van der Waals surface area contributed by atoms with Crippen molar-refractivity contribution in [2.45, 2.75) is 13.2 Å². The lowest BCUT2D eigenvalue weighted by molar-refractivity contribution is -0.123. The zero-order valence-electron chi connectivity index (χ0n) is 18.2. The van der Waals surface area contributed by atoms with Gasteiger partial charge < -0.3 is 9.47 Å². The lowest BCUT2D eigenvalue weighted by Gasteiger charge is -2.14. The maximum Gasteiger partial charge on any atom is 0.293 e. The van der Waals surface area contributed by atoms with E-state index in [2.05, 4.69) is 38.5 Å². The number of amides is 2. The molecule has 5 nitrogen and oxygen atoms in total. The molecule has 0 bridgehead atoms. The normalized spacial score (nSPS) is 14.7. The summed E-state index contributed by atoms with van der Waals surface area (Å²) in [6, 6.07) is 16.4. The van der Waals surface area contributed by atoms with Crippen LogP contribution in [0.2, 0.25) is 10.0 Å². The van der Waals surface area contributed by atoms with E-state index in [-0.39, 0.29) is 24.3 Å². The first-order valence-electron chi connectivity index (χ1n) is 10.2. The Morgan fingerprint density at radius 3 is 2.51 bits per heavy atom. The van der Waals surface area contributed by atoms with Crippen molar-refractivity contribution in [2.24, 2.45) is 0 Å². The van der Waals surface area contributed by atoms with Crippen molar-refractivity contribution in [3.05, 3.63) is 94.3 Å². The fraction of sp³-hybridized carbons (Fsp3) is 0.120. The zero-order chi connectivity index (χ0) is 25.1. The summed E-state index contributed by atoms with van der Waals surface area (Å²) in [6.45, 7) is 0.438. The van der Waals surface area contributed by atoms with E-state index >= 15 is 0 Å². The van der Waals surface area contributed by atoms with E-state index in [1.807, 2.05) is 24.3 Å². The molecule has 0 saturated carbocycles. The van der Waals surface area contributed by atoms with Gasteiger partial charge in [-0.3, -0.25) is 14.5 Å². The highest BCUT2D eigenvalue weighted by atomic mass is 127. The third-order valence-corrected chi connectivity index (χ3v) is 7.87. The molecule has 35 heavy (non-hydrogen) atoms. The van der Waals surface area contributed by atoms with E-state index in [0.717, 1.165) is 26.5 Å². The van der Waals surface area contributed by atoms with Crippen LogP contribution < -0.4 is 9.47 Å². The summed E-state index contributed by atoms with van der Waals surface area (Å²) in [6.07, 6.45) is 1.67. The molecule has 10 heteroatoms. The molecule has 180 valence electrons. The second-order valence-corrected chi connectivity index (χ2v) is 11.4. The molecule has 4 rings (SSSR count). The molecule has 0 radical (unpaired) electrons. The van der Waals surface area contributed by atoms with E-state index in [4.69, 9.17) is 32.7 Å². The van der Waals surface area contributed by atoms with Gasteiger partial charge in [0.1, 0.15) is 6.61 Å². The number of halogens is 4. The fourth-order valence-electron chi connectivity index (χ4n) is 3.31. The maximum absolute atomic E-state index is 12.9. The van der Waals surface area contributed by atoms with Gasteiger partial charge in [0.25, 0.3) is 11.1 Å². The Kier molecular flexibility index (Phi) is 8.70. The molecule has 3 aromatic rings. The minimum Gasteiger partial charge on any atom is -0.493 e. The minimum absolute atomic E-state index is 0.210. The van der Waals surface area contributed by atoms with Crippen LogP contribution in [0, 0.1) is 3.57 Å². The largest absolute Gasteiger partial charge is 0.493 e. The standard InChI is InChI=1S/C25H17BrCl2INO4S/c1-33-21-9-15(8-19(26)23(21)34-13-16-4-5-17(27)11-20(16)28)10-22-24(31)30(25(32)35-22)12-14-2-6-18(29)7-3-14/h2-11H,12-13H2,1H3/b22-10-. The topological polar surface area (TPSA) is 55.8 Å². The van der Waals surface area contributed by atoms with E-state index < -0.39 is 0 Å². The number of methoxy groups -OCH3 is 1. The van der Waals surface area contributed by atoms with Crippen LogP contribution in [-0.4, -0.2) is 23.2 Å². The molecule has 0 aromatic heterocycles. The highest BCUT2D eigenvalue weighted by Gasteiger charge is 2.35. The van der Waals surface area contributed by atoms with Crippen molar-refractivity contribution < 1.29 is 19.1 Å². The molecule has 2 amide bonds. The van der Waals surface area contributed by atoms with Gasteiger partial charge in [0.05, 0.1) is 23.0 Å². The molecule has 0 aliphatic carbocycles. The number of imide groups is 1. The number of benzene rings is 3. The predicted molar refractivity (Wildman–Crippen MR) is 152 cm³/mol. The van der Waals surface area contributed by atoms with Gasteiger partial charge >= 0.3 is 0 Å². The molecule has 1 fully saturated rings. The smallest absolute Gasteiger partial charge is 0.293 e. The van der Waals surface area contributed by atoms with Crippen LogP contribution in [0.25, 0.3) is 6.08 Å². The SMILES string of the molecule is COc1cc(/C=C2\SC(=O)N(Cc3ccc(I)cc3)C2=O)cc(Br)c1OCc1ccc(Cl)cc1Cl. The maximum atomic E-state index is 12.9. The average molecular weight is 705 g/mol. The summed E-state index contributed by atoms with van der Waals surface area (Å²) in [5.74, 6) is 0.627. The molecular weight excluding hydrogens is 688 g/mol. The van der Waals surface area contributed by atoms with Crippen molar-refractivity contribution in [3.63, 3.8) is 0 Å². The Labute approximate surface area is 239 Å². The van der Waals surface area contributed by atoms with Crippen LogP contribution >= 0.6 is 73.5 Å². The molecule has 1 heterocycles. The Hall–Kier alpha value is -1.72. The summed E-state index contributed by atoms with van der Waals surface area (Å²) in [5.41, 5.74) is 2.35. The monoisotopic (exact) mass is 703 g/mol. The van der Waals surface area contributed by atoms with Crippen molar-refractivity contribution in [3.8, 4) is 11.5 Å². The summed E-state index contributed by atoms with van der Waals surface area (Å²) >= 11 is 18.9. The highest BCUT2D eigenvalue weighted by Crippen LogP contribution is 2.40. The van der Waals surface area contributed by atoms with Crippen LogP contribution in [0.1, 0.15) is 16.7 Å². The lowest BCUT2D eigenvalue weighted by Crippen LogP contribution is -2.27. The zero-order valence-corrected chi connectivity index (χ0v) is 24.3. The van der Waals surface area contributed by atoms with Crippen molar-refractivity contribution in [1.29, 1.82) is 0 Å². The van der Waals surface area contributed by atoms with Gasteiger partial charge in [-0.15, -0.1) is 0 Å². The first-order chi connectivity index (χ1) is 16.7. The average Bonchev–Trinajstić information content (AvgIpc) is 3.07. The van der Waals surface area contributed by atoms with Gasteiger partial charge in [-0.25, -0.2) is 0 Å². The number of carbonyl (C=O) groups is 2. The number of thioether (sulfide) groups is 1. The lowest BCUT2D eigenvalue weighted by atomic mass is 10.1. The Bertz CT molecular complexity index is 1330. The van der Waals surface area contributed by atoms with E-state index in [9.17, 15) is 9.59 Å². The second kappa shape index (κ2) is 11.6. The number of carbonyl (C=O) groups excluding carboxylic acids is 2. The number of hydrogen-bond donors (Lipinski definition) is 0. The van der Waals surface area contributed by atoms with Crippen LogP contribution in [-0.2, 0) is 17.9 Å². The number of nitrogens with zero attached hydrogens (tertiary/aromatic N) is 1. The van der Waals surface area contributed by atoms with Crippen LogP contribution in [0.5, 0.6) is 11.5 Å². The molecular formula is C25H17BrCl2INO4S. The molecule has 3 aromatic carbocycles. The number of ether oxygens (including phenoxy) is 2. The van der Waals surface area contributed by atoms with Crippen molar-refractivity contribution in [2.75, 3.05) is 7.11 Å². The van der Waals surface area contributed by atoms with Gasteiger partial charge in [0.15, 0.2) is 11.5 Å². The molecule has 0 N–H and O–H groups in total. The first-order valence-corrected chi connectivity index (χ1v) is 13.6. The minimum atomic E-state index is -0.327. The Balaban J connectivity index is 1.53. The second-order valence-electron chi connectivity index (χ2n) is 7.45. The third-order valence-electron chi connectivity index (χ3n) is 5.06. The van der Waals surface area contributed by atoms with Gasteiger partial charge in [-0.2, -0.15) is 0 Å². The number of hydrogen-bond acceptors (Lipinski definition) is 5. The summed E-state index contributed by atoms with van der Waals surface area (Å²) in [4.78, 5) is 27.1. The molecule has 1 aliphatic heterocycles. The van der Waals surface area contributed by atoms with Crippen LogP contribution in [0.4, 0.5) is 4.79 Å². The Morgan fingerprint density at radius 1 is 1.09 bits per heavy atom. The molecule has 0 atom stereocenters. The van der Waals surface area contributed by atoms with Gasteiger partial charge in [0, 0.05) is 19.2 Å². The molecule has 0 unspecified atom stereocenters. The summed E-state index contributed by atoms with van der Waals surface area (Å²) < 4.78 is 13.2. The summed E-state index contributed by atoms with van der Waals surface area (Å²) in [7, 11) is 1.53. The summed E-state index contributed by atoms with van der Waals surface area (Å²) in [5, 5.41) is 0.751. The van der Waals surface area contributed by atoms with Gasteiger partial charge in [-0.05, 0) is 104 Å². The fourth-order valence-corrected chi connectivity index (χ4v) is 5.55. The quantitative estimate of drug-likeness (QED) is 0.184. The van der Waals surface area contributed by atoms with Crippen molar-refractivity contribution in [1.82, 2.24) is 4.90 Å². The van der Waals surface area contributed by atoms with Gasteiger partial charge in [-0.1, -0.05) is 41.4 Å². The molecule has 1 saturated heterocycles. The first kappa shape index (κ1) is 26.3. The van der Waals surface area contributed by atoms with Crippen molar-refractivity contribution >= 4 is 90.7 Å². The van der Waals surface area contributed by atoms with E-state index in [0.29, 0.717) is 36.5 Å². The third kappa shape index (κ3) is 6.35. The number of rotatable bonds is 7. The molecule has 0 spiro atoms.